The second kappa shape index (κ2) is 7.74. The molecular weight excluding hydrogens is 218 g/mol. The van der Waals surface area contributed by atoms with Gasteiger partial charge in [-0.25, -0.2) is 0 Å². The molecule has 1 rings (SSSR count). The van der Waals surface area contributed by atoms with Gasteiger partial charge in [-0.05, 0) is 24.7 Å². The van der Waals surface area contributed by atoms with Crippen molar-refractivity contribution in [2.45, 2.75) is 33.9 Å². The Morgan fingerprint density at radius 1 is 1.50 bits per heavy atom. The molecule has 0 aliphatic carbocycles. The van der Waals surface area contributed by atoms with E-state index in [1.54, 1.807) is 0 Å². The number of aromatic nitrogens is 2. The number of nitrogens with one attached hydrogen (secondary N) is 1. The minimum absolute atomic E-state index is 0.798. The van der Waals surface area contributed by atoms with Crippen LogP contribution in [-0.4, -0.2) is 27.8 Å². The van der Waals surface area contributed by atoms with E-state index in [1.165, 1.54) is 17.2 Å². The third-order valence-electron chi connectivity index (χ3n) is 2.28. The first-order valence-corrected chi connectivity index (χ1v) is 7.18. The predicted molar refractivity (Wildman–Crippen MR) is 71.8 cm³/mol. The van der Waals surface area contributed by atoms with Crippen LogP contribution in [0.3, 0.4) is 0 Å². The van der Waals surface area contributed by atoms with Crippen molar-refractivity contribution in [1.29, 1.82) is 0 Å². The van der Waals surface area contributed by atoms with Crippen molar-refractivity contribution in [3.05, 3.63) is 18.0 Å². The molecule has 0 radical (unpaired) electrons. The van der Waals surface area contributed by atoms with Gasteiger partial charge in [0.15, 0.2) is 0 Å². The lowest BCUT2D eigenvalue weighted by molar-refractivity contribution is 0.591. The molecule has 0 aliphatic rings. The Hall–Kier alpha value is -0.480. The van der Waals surface area contributed by atoms with Crippen LogP contribution in [-0.2, 0) is 13.1 Å². The molecule has 0 aliphatic heterocycles. The summed E-state index contributed by atoms with van der Waals surface area (Å²) in [5.41, 5.74) is 1.27. The Morgan fingerprint density at radius 3 is 3.00 bits per heavy atom. The summed E-state index contributed by atoms with van der Waals surface area (Å²) in [7, 11) is 0. The lowest BCUT2D eigenvalue weighted by Crippen LogP contribution is -2.19. The summed E-state index contributed by atoms with van der Waals surface area (Å²) in [6.07, 6.45) is 1.87. The molecular formula is C12H23N3S. The smallest absolute Gasteiger partial charge is 0.0521 e. The number of hydrogen-bond donors (Lipinski definition) is 1. The minimum Gasteiger partial charge on any atom is -0.310 e. The number of thioether (sulfide) groups is 1. The van der Waals surface area contributed by atoms with E-state index in [0.717, 1.165) is 25.6 Å². The van der Waals surface area contributed by atoms with Gasteiger partial charge in [-0.15, -0.1) is 0 Å². The van der Waals surface area contributed by atoms with E-state index in [9.17, 15) is 0 Å². The lowest BCUT2D eigenvalue weighted by atomic mass is 10.3. The molecule has 0 atom stereocenters. The highest BCUT2D eigenvalue weighted by Gasteiger charge is 1.99. The topological polar surface area (TPSA) is 29.9 Å². The van der Waals surface area contributed by atoms with E-state index in [0.29, 0.717) is 0 Å². The van der Waals surface area contributed by atoms with Crippen molar-refractivity contribution in [1.82, 2.24) is 15.1 Å². The highest BCUT2D eigenvalue weighted by Crippen LogP contribution is 2.06. The van der Waals surface area contributed by atoms with Gasteiger partial charge in [0.25, 0.3) is 0 Å². The Kier molecular flexibility index (Phi) is 6.57. The van der Waals surface area contributed by atoms with Crippen molar-refractivity contribution in [3.8, 4) is 0 Å². The summed E-state index contributed by atoms with van der Waals surface area (Å²) >= 11 is 2.02. The van der Waals surface area contributed by atoms with Crippen LogP contribution in [0.4, 0.5) is 0 Å². The minimum atomic E-state index is 0.798. The quantitative estimate of drug-likeness (QED) is 0.709. The van der Waals surface area contributed by atoms with Crippen LogP contribution < -0.4 is 5.32 Å². The van der Waals surface area contributed by atoms with E-state index < -0.39 is 0 Å². The molecule has 0 saturated carbocycles. The monoisotopic (exact) mass is 241 g/mol. The molecule has 1 aromatic heterocycles. The molecule has 0 amide bonds. The molecule has 1 aromatic rings. The van der Waals surface area contributed by atoms with Gasteiger partial charge in [0.1, 0.15) is 0 Å². The highest BCUT2D eigenvalue weighted by atomic mass is 32.2. The average Bonchev–Trinajstić information content (AvgIpc) is 2.70. The zero-order valence-electron chi connectivity index (χ0n) is 10.6. The third kappa shape index (κ3) is 5.03. The van der Waals surface area contributed by atoms with Gasteiger partial charge >= 0.3 is 0 Å². The van der Waals surface area contributed by atoms with Gasteiger partial charge in [-0.1, -0.05) is 13.8 Å². The first-order chi connectivity index (χ1) is 7.74. The fourth-order valence-corrected chi connectivity index (χ4v) is 2.40. The standard InChI is InChI=1S/C12H23N3S/c1-4-15-12(5-6-14-15)9-13-7-8-16-10-11(2)3/h5-6,11,13H,4,7-10H2,1-3H3. The van der Waals surface area contributed by atoms with Crippen molar-refractivity contribution >= 4 is 11.8 Å². The van der Waals surface area contributed by atoms with Gasteiger partial charge in [-0.3, -0.25) is 4.68 Å². The zero-order valence-corrected chi connectivity index (χ0v) is 11.4. The molecule has 1 N–H and O–H groups in total. The number of aryl methyl sites for hydroxylation is 1. The number of nitrogens with zero attached hydrogens (tertiary/aromatic N) is 2. The molecule has 0 unspecified atom stereocenters. The summed E-state index contributed by atoms with van der Waals surface area (Å²) < 4.78 is 2.04. The van der Waals surface area contributed by atoms with Crippen molar-refractivity contribution in [2.24, 2.45) is 5.92 Å². The Morgan fingerprint density at radius 2 is 2.31 bits per heavy atom. The van der Waals surface area contributed by atoms with E-state index in [4.69, 9.17) is 0 Å². The fourth-order valence-electron chi connectivity index (χ4n) is 1.47. The van der Waals surface area contributed by atoms with Crippen LogP contribution in [0.1, 0.15) is 26.5 Å². The Balaban J connectivity index is 2.07. The lowest BCUT2D eigenvalue weighted by Gasteiger charge is -2.07. The van der Waals surface area contributed by atoms with Crippen LogP contribution in [0.15, 0.2) is 12.3 Å². The summed E-state index contributed by atoms with van der Waals surface area (Å²) in [4.78, 5) is 0. The van der Waals surface area contributed by atoms with Crippen LogP contribution >= 0.6 is 11.8 Å². The molecule has 1 heterocycles. The molecule has 0 bridgehead atoms. The number of rotatable bonds is 8. The van der Waals surface area contributed by atoms with Crippen molar-refractivity contribution < 1.29 is 0 Å². The fraction of sp³-hybridized carbons (Fsp3) is 0.750. The van der Waals surface area contributed by atoms with Gasteiger partial charge < -0.3 is 5.32 Å². The maximum absolute atomic E-state index is 4.24. The second-order valence-electron chi connectivity index (χ2n) is 4.28. The molecule has 16 heavy (non-hydrogen) atoms. The van der Waals surface area contributed by atoms with Crippen LogP contribution in [0, 0.1) is 5.92 Å². The predicted octanol–water partition coefficient (Wildman–Crippen LogP) is 2.38. The third-order valence-corrected chi connectivity index (χ3v) is 3.68. The van der Waals surface area contributed by atoms with Crippen LogP contribution in [0.2, 0.25) is 0 Å². The summed E-state index contributed by atoms with van der Waals surface area (Å²) in [6, 6.07) is 2.08. The van der Waals surface area contributed by atoms with Crippen molar-refractivity contribution in [2.75, 3.05) is 18.1 Å². The van der Waals surface area contributed by atoms with Crippen LogP contribution in [0.5, 0.6) is 0 Å². The SMILES string of the molecule is CCn1nccc1CNCCSCC(C)C. The summed E-state index contributed by atoms with van der Waals surface area (Å²) in [5.74, 6) is 3.25. The summed E-state index contributed by atoms with van der Waals surface area (Å²) in [5, 5.41) is 7.70. The molecule has 4 heteroatoms. The first kappa shape index (κ1) is 13.6. The Bertz CT molecular complexity index is 284. The van der Waals surface area contributed by atoms with E-state index in [1.807, 2.05) is 22.6 Å². The zero-order chi connectivity index (χ0) is 11.8. The van der Waals surface area contributed by atoms with Crippen molar-refractivity contribution in [3.63, 3.8) is 0 Å². The number of hydrogen-bond acceptors (Lipinski definition) is 3. The van der Waals surface area contributed by atoms with E-state index in [-0.39, 0.29) is 0 Å². The van der Waals surface area contributed by atoms with Gasteiger partial charge in [0.2, 0.25) is 0 Å². The maximum Gasteiger partial charge on any atom is 0.0521 e. The first-order valence-electron chi connectivity index (χ1n) is 6.03. The average molecular weight is 241 g/mol. The molecule has 3 nitrogen and oxygen atoms in total. The highest BCUT2D eigenvalue weighted by molar-refractivity contribution is 7.99. The largest absolute Gasteiger partial charge is 0.310 e. The van der Waals surface area contributed by atoms with Gasteiger partial charge in [0, 0.05) is 31.6 Å². The Labute approximate surface area is 103 Å². The van der Waals surface area contributed by atoms with Gasteiger partial charge in [0.05, 0.1) is 5.69 Å². The molecule has 0 aromatic carbocycles. The van der Waals surface area contributed by atoms with Crippen LogP contribution in [0.25, 0.3) is 0 Å². The molecule has 0 saturated heterocycles. The summed E-state index contributed by atoms with van der Waals surface area (Å²) in [6.45, 7) is 9.60. The molecule has 92 valence electrons. The maximum atomic E-state index is 4.24. The van der Waals surface area contributed by atoms with Gasteiger partial charge in [-0.2, -0.15) is 16.9 Å². The van der Waals surface area contributed by atoms with E-state index >= 15 is 0 Å². The van der Waals surface area contributed by atoms with E-state index in [2.05, 4.69) is 37.3 Å². The molecule has 0 fully saturated rings. The molecule has 0 spiro atoms. The normalized spacial score (nSPS) is 11.2. The second-order valence-corrected chi connectivity index (χ2v) is 5.43.